The monoisotopic (exact) mass is 228 g/mol. The number of carbonyl (C=O) groups excluding carboxylic acids is 1. The average Bonchev–Trinajstić information content (AvgIpc) is 2.77. The molecule has 0 bridgehead atoms. The van der Waals surface area contributed by atoms with Crippen molar-refractivity contribution in [3.63, 3.8) is 0 Å². The van der Waals surface area contributed by atoms with Gasteiger partial charge in [-0.15, -0.1) is 11.3 Å². The predicted octanol–water partition coefficient (Wildman–Crippen LogP) is 1.75. The number of rotatable bonds is 5. The number of aromatic nitrogens is 1. The lowest BCUT2D eigenvalue weighted by Gasteiger charge is -2.17. The maximum absolute atomic E-state index is 11.6. The zero-order valence-electron chi connectivity index (χ0n) is 9.19. The van der Waals surface area contributed by atoms with Crippen LogP contribution in [-0.2, 0) is 9.53 Å². The van der Waals surface area contributed by atoms with Gasteiger partial charge in [-0.05, 0) is 13.3 Å². The van der Waals surface area contributed by atoms with Gasteiger partial charge in [-0.25, -0.2) is 4.98 Å². The minimum atomic E-state index is -0.418. The number of thiazole rings is 1. The Kier molecular flexibility index (Phi) is 4.71. The number of hydrogen-bond acceptors (Lipinski definition) is 4. The fourth-order valence-corrected chi connectivity index (χ4v) is 1.91. The van der Waals surface area contributed by atoms with E-state index in [1.165, 1.54) is 7.11 Å². The second-order valence-electron chi connectivity index (χ2n) is 3.22. The molecule has 1 N–H and O–H groups in total. The maximum atomic E-state index is 11.6. The third-order valence-corrected chi connectivity index (χ3v) is 3.09. The molecule has 1 heterocycles. The van der Waals surface area contributed by atoms with Crippen molar-refractivity contribution in [2.75, 3.05) is 7.11 Å². The second kappa shape index (κ2) is 5.82. The Labute approximate surface area is 93.7 Å². The van der Waals surface area contributed by atoms with Gasteiger partial charge in [-0.1, -0.05) is 6.92 Å². The van der Waals surface area contributed by atoms with Crippen molar-refractivity contribution in [3.05, 3.63) is 16.6 Å². The normalized spacial score (nSPS) is 14.6. The lowest BCUT2D eigenvalue weighted by Crippen LogP contribution is -2.36. The molecular weight excluding hydrogens is 212 g/mol. The second-order valence-corrected chi connectivity index (χ2v) is 4.14. The predicted molar refractivity (Wildman–Crippen MR) is 59.8 cm³/mol. The van der Waals surface area contributed by atoms with Crippen LogP contribution in [0.25, 0.3) is 0 Å². The van der Waals surface area contributed by atoms with Gasteiger partial charge in [0.1, 0.15) is 11.1 Å². The summed E-state index contributed by atoms with van der Waals surface area (Å²) in [5, 5.41) is 5.75. The Morgan fingerprint density at radius 2 is 2.47 bits per heavy atom. The molecule has 0 saturated carbocycles. The summed E-state index contributed by atoms with van der Waals surface area (Å²) in [6.07, 6.45) is 2.16. The minimum absolute atomic E-state index is 0.00454. The highest BCUT2D eigenvalue weighted by Gasteiger charge is 2.18. The van der Waals surface area contributed by atoms with E-state index in [4.69, 9.17) is 4.74 Å². The molecule has 0 spiro atoms. The molecule has 2 atom stereocenters. The van der Waals surface area contributed by atoms with E-state index in [1.54, 1.807) is 24.5 Å². The molecule has 0 aliphatic heterocycles. The summed E-state index contributed by atoms with van der Waals surface area (Å²) in [4.78, 5) is 15.8. The van der Waals surface area contributed by atoms with Crippen LogP contribution >= 0.6 is 11.3 Å². The summed E-state index contributed by atoms with van der Waals surface area (Å²) in [6, 6.07) is -0.00454. The Bertz CT molecular complexity index is 300. The Morgan fingerprint density at radius 1 is 1.73 bits per heavy atom. The topological polar surface area (TPSA) is 51.2 Å². The highest BCUT2D eigenvalue weighted by molar-refractivity contribution is 7.09. The van der Waals surface area contributed by atoms with E-state index in [-0.39, 0.29) is 11.9 Å². The van der Waals surface area contributed by atoms with E-state index in [9.17, 15) is 4.79 Å². The fraction of sp³-hybridized carbons (Fsp3) is 0.600. The summed E-state index contributed by atoms with van der Waals surface area (Å²) < 4.78 is 4.95. The third kappa shape index (κ3) is 3.28. The van der Waals surface area contributed by atoms with Crippen molar-refractivity contribution in [2.45, 2.75) is 32.4 Å². The number of methoxy groups -OCH3 is 1. The summed E-state index contributed by atoms with van der Waals surface area (Å²) in [5.41, 5.74) is 0. The Hall–Kier alpha value is -0.940. The molecule has 0 saturated heterocycles. The molecule has 1 amide bonds. The van der Waals surface area contributed by atoms with E-state index in [2.05, 4.69) is 10.3 Å². The van der Waals surface area contributed by atoms with Gasteiger partial charge in [0.2, 0.25) is 5.91 Å². The largest absolute Gasteiger partial charge is 0.372 e. The lowest BCUT2D eigenvalue weighted by molar-refractivity contribution is -0.130. The average molecular weight is 228 g/mol. The van der Waals surface area contributed by atoms with Gasteiger partial charge in [-0.2, -0.15) is 0 Å². The van der Waals surface area contributed by atoms with Crippen molar-refractivity contribution in [2.24, 2.45) is 0 Å². The zero-order valence-corrected chi connectivity index (χ0v) is 10.0. The number of amides is 1. The molecule has 1 aromatic heterocycles. The lowest BCUT2D eigenvalue weighted by atomic mass is 10.2. The molecule has 84 valence electrons. The van der Waals surface area contributed by atoms with Gasteiger partial charge in [0, 0.05) is 18.7 Å². The Morgan fingerprint density at radius 3 is 2.93 bits per heavy atom. The number of nitrogens with zero attached hydrogens (tertiary/aromatic N) is 1. The van der Waals surface area contributed by atoms with Crippen LogP contribution in [0.1, 0.15) is 31.3 Å². The highest BCUT2D eigenvalue weighted by atomic mass is 32.1. The van der Waals surface area contributed by atoms with Crippen LogP contribution in [0.15, 0.2) is 11.6 Å². The standard InChI is InChI=1S/C10H16N2O2S/c1-4-8(10-11-5-6-15-10)12-9(13)7(2)14-3/h5-8H,4H2,1-3H3,(H,12,13). The number of carbonyl (C=O) groups is 1. The number of ether oxygens (including phenoxy) is 1. The van der Waals surface area contributed by atoms with Crippen LogP contribution in [0.5, 0.6) is 0 Å². The molecular formula is C10H16N2O2S. The smallest absolute Gasteiger partial charge is 0.249 e. The van der Waals surface area contributed by atoms with Crippen molar-refractivity contribution >= 4 is 17.2 Å². The molecule has 2 unspecified atom stereocenters. The van der Waals surface area contributed by atoms with E-state index < -0.39 is 6.10 Å². The van der Waals surface area contributed by atoms with Gasteiger partial charge in [0.05, 0.1) is 6.04 Å². The summed E-state index contributed by atoms with van der Waals surface area (Å²) in [5.74, 6) is -0.0976. The molecule has 0 fully saturated rings. The molecule has 0 aliphatic rings. The van der Waals surface area contributed by atoms with Crippen molar-refractivity contribution < 1.29 is 9.53 Å². The molecule has 4 nitrogen and oxygen atoms in total. The van der Waals surface area contributed by atoms with Gasteiger partial charge >= 0.3 is 0 Å². The zero-order chi connectivity index (χ0) is 11.3. The van der Waals surface area contributed by atoms with E-state index in [1.807, 2.05) is 12.3 Å². The van der Waals surface area contributed by atoms with E-state index in [0.717, 1.165) is 11.4 Å². The summed E-state index contributed by atoms with van der Waals surface area (Å²) >= 11 is 1.55. The summed E-state index contributed by atoms with van der Waals surface area (Å²) in [7, 11) is 1.52. The van der Waals surface area contributed by atoms with Gasteiger partial charge in [-0.3, -0.25) is 4.79 Å². The molecule has 1 aromatic rings. The molecule has 0 aliphatic carbocycles. The maximum Gasteiger partial charge on any atom is 0.249 e. The van der Waals surface area contributed by atoms with Gasteiger partial charge in [0.25, 0.3) is 0 Å². The van der Waals surface area contributed by atoms with E-state index in [0.29, 0.717) is 0 Å². The van der Waals surface area contributed by atoms with Crippen LogP contribution < -0.4 is 5.32 Å². The molecule has 1 rings (SSSR count). The van der Waals surface area contributed by atoms with Crippen LogP contribution in [-0.4, -0.2) is 24.1 Å². The first-order valence-electron chi connectivity index (χ1n) is 4.91. The van der Waals surface area contributed by atoms with Gasteiger partial charge in [0.15, 0.2) is 0 Å². The van der Waals surface area contributed by atoms with Crippen LogP contribution in [0.2, 0.25) is 0 Å². The minimum Gasteiger partial charge on any atom is -0.372 e. The number of nitrogens with one attached hydrogen (secondary N) is 1. The third-order valence-electron chi connectivity index (χ3n) is 2.20. The molecule has 0 aromatic carbocycles. The van der Waals surface area contributed by atoms with Crippen LogP contribution in [0.3, 0.4) is 0 Å². The molecule has 0 radical (unpaired) electrons. The SMILES string of the molecule is CCC(NC(=O)C(C)OC)c1nccs1. The van der Waals surface area contributed by atoms with Crippen molar-refractivity contribution in [1.82, 2.24) is 10.3 Å². The summed E-state index contributed by atoms with van der Waals surface area (Å²) in [6.45, 7) is 3.74. The van der Waals surface area contributed by atoms with Gasteiger partial charge < -0.3 is 10.1 Å². The molecule has 5 heteroatoms. The van der Waals surface area contributed by atoms with Crippen LogP contribution in [0.4, 0.5) is 0 Å². The van der Waals surface area contributed by atoms with Crippen molar-refractivity contribution in [3.8, 4) is 0 Å². The quantitative estimate of drug-likeness (QED) is 0.835. The fourth-order valence-electron chi connectivity index (χ4n) is 1.14. The highest BCUT2D eigenvalue weighted by Crippen LogP contribution is 2.18. The van der Waals surface area contributed by atoms with E-state index >= 15 is 0 Å². The van der Waals surface area contributed by atoms with Crippen LogP contribution in [0, 0.1) is 0 Å². The molecule has 15 heavy (non-hydrogen) atoms. The van der Waals surface area contributed by atoms with Crippen molar-refractivity contribution in [1.29, 1.82) is 0 Å². The number of hydrogen-bond donors (Lipinski definition) is 1. The Balaban J connectivity index is 2.58. The first-order chi connectivity index (χ1) is 7.19. The first kappa shape index (κ1) is 12.1. The first-order valence-corrected chi connectivity index (χ1v) is 5.79.